The number of rotatable bonds is 6. The van der Waals surface area contributed by atoms with E-state index in [0.29, 0.717) is 0 Å². The van der Waals surface area contributed by atoms with E-state index >= 15 is 0 Å². The fourth-order valence-corrected chi connectivity index (χ4v) is 2.04. The number of hydrogen-bond acceptors (Lipinski definition) is 5. The normalized spacial score (nSPS) is 11.4. The Bertz CT molecular complexity index is 728. The second kappa shape index (κ2) is 7.87. The minimum Gasteiger partial charge on any atom is -0.452 e. The van der Waals surface area contributed by atoms with Gasteiger partial charge in [0.25, 0.3) is 11.6 Å². The maximum Gasteiger partial charge on any atom is 0.338 e. The predicted octanol–water partition coefficient (Wildman–Crippen LogP) is 2.63. The first-order valence-corrected chi connectivity index (χ1v) is 7.23. The van der Waals surface area contributed by atoms with Crippen LogP contribution in [0.15, 0.2) is 54.6 Å². The van der Waals surface area contributed by atoms with Crippen LogP contribution in [0.3, 0.4) is 0 Å². The van der Waals surface area contributed by atoms with E-state index in [1.165, 1.54) is 24.3 Å². The lowest BCUT2D eigenvalue weighted by Gasteiger charge is -2.14. The van der Waals surface area contributed by atoms with Crippen LogP contribution < -0.4 is 5.32 Å². The Hall–Kier alpha value is -3.22. The lowest BCUT2D eigenvalue weighted by Crippen LogP contribution is -2.31. The number of benzene rings is 2. The third kappa shape index (κ3) is 4.64. The Morgan fingerprint density at radius 1 is 1.12 bits per heavy atom. The highest BCUT2D eigenvalue weighted by atomic mass is 16.6. The summed E-state index contributed by atoms with van der Waals surface area (Å²) in [5, 5.41) is 13.3. The minimum absolute atomic E-state index is 0.124. The number of nitrogens with one attached hydrogen (secondary N) is 1. The molecule has 1 amide bonds. The van der Waals surface area contributed by atoms with E-state index in [2.05, 4.69) is 5.32 Å². The number of nitro groups is 1. The van der Waals surface area contributed by atoms with Gasteiger partial charge in [-0.15, -0.1) is 0 Å². The zero-order valence-corrected chi connectivity index (χ0v) is 13.0. The summed E-state index contributed by atoms with van der Waals surface area (Å²) in [5.41, 5.74) is 0.957. The molecule has 0 aliphatic rings. The molecular weight excluding hydrogens is 312 g/mol. The Labute approximate surface area is 138 Å². The van der Waals surface area contributed by atoms with Crippen LogP contribution in [-0.4, -0.2) is 23.4 Å². The Morgan fingerprint density at radius 3 is 2.33 bits per heavy atom. The average Bonchev–Trinajstić information content (AvgIpc) is 2.60. The first kappa shape index (κ1) is 17.1. The Morgan fingerprint density at radius 2 is 1.75 bits per heavy atom. The largest absolute Gasteiger partial charge is 0.452 e. The van der Waals surface area contributed by atoms with Crippen LogP contribution in [-0.2, 0) is 9.53 Å². The molecule has 0 saturated carbocycles. The molecule has 0 aliphatic heterocycles. The van der Waals surface area contributed by atoms with Crippen molar-refractivity contribution in [2.45, 2.75) is 13.0 Å². The minimum atomic E-state index is -0.715. The van der Waals surface area contributed by atoms with Gasteiger partial charge in [-0.2, -0.15) is 0 Å². The topological polar surface area (TPSA) is 98.5 Å². The molecule has 2 aromatic rings. The molecule has 0 radical (unpaired) electrons. The zero-order valence-electron chi connectivity index (χ0n) is 13.0. The van der Waals surface area contributed by atoms with E-state index in [9.17, 15) is 19.7 Å². The van der Waals surface area contributed by atoms with Crippen molar-refractivity contribution in [3.05, 3.63) is 75.8 Å². The van der Waals surface area contributed by atoms with Gasteiger partial charge in [0, 0.05) is 12.1 Å². The van der Waals surface area contributed by atoms with Gasteiger partial charge in [0.2, 0.25) is 0 Å². The molecule has 0 saturated heterocycles. The van der Waals surface area contributed by atoms with Crippen LogP contribution in [0.4, 0.5) is 5.69 Å². The Balaban J connectivity index is 1.84. The van der Waals surface area contributed by atoms with Crippen LogP contribution in [0.1, 0.15) is 28.9 Å². The molecule has 0 heterocycles. The fourth-order valence-electron chi connectivity index (χ4n) is 2.04. The number of nitro benzene ring substituents is 1. The summed E-state index contributed by atoms with van der Waals surface area (Å²) in [5.74, 6) is -1.14. The molecule has 1 N–H and O–H groups in total. The van der Waals surface area contributed by atoms with E-state index in [0.717, 1.165) is 5.56 Å². The van der Waals surface area contributed by atoms with Crippen molar-refractivity contribution in [2.75, 3.05) is 6.61 Å². The van der Waals surface area contributed by atoms with Gasteiger partial charge >= 0.3 is 5.97 Å². The maximum absolute atomic E-state index is 11.8. The molecular formula is C17H16N2O5. The van der Waals surface area contributed by atoms with Gasteiger partial charge in [-0.25, -0.2) is 4.79 Å². The van der Waals surface area contributed by atoms with Crippen molar-refractivity contribution < 1.29 is 19.2 Å². The summed E-state index contributed by atoms with van der Waals surface area (Å²) in [4.78, 5) is 33.6. The van der Waals surface area contributed by atoms with Crippen molar-refractivity contribution in [3.8, 4) is 0 Å². The average molecular weight is 328 g/mol. The lowest BCUT2D eigenvalue weighted by atomic mass is 10.1. The molecule has 0 bridgehead atoms. The molecule has 7 nitrogen and oxygen atoms in total. The predicted molar refractivity (Wildman–Crippen MR) is 86.4 cm³/mol. The first-order chi connectivity index (χ1) is 11.5. The number of hydrogen-bond donors (Lipinski definition) is 1. The highest BCUT2D eigenvalue weighted by Crippen LogP contribution is 2.13. The van der Waals surface area contributed by atoms with Crippen molar-refractivity contribution in [2.24, 2.45) is 0 Å². The first-order valence-electron chi connectivity index (χ1n) is 7.23. The molecule has 0 aromatic heterocycles. The summed E-state index contributed by atoms with van der Waals surface area (Å²) in [6.07, 6.45) is 0. The number of ether oxygens (including phenoxy) is 1. The second-order valence-electron chi connectivity index (χ2n) is 5.08. The lowest BCUT2D eigenvalue weighted by molar-refractivity contribution is -0.384. The van der Waals surface area contributed by atoms with Gasteiger partial charge in [0.05, 0.1) is 16.5 Å². The quantitative estimate of drug-likeness (QED) is 0.499. The van der Waals surface area contributed by atoms with Gasteiger partial charge in [0.15, 0.2) is 6.61 Å². The summed E-state index contributed by atoms with van der Waals surface area (Å²) in [7, 11) is 0. The number of nitrogens with zero attached hydrogens (tertiary/aromatic N) is 1. The summed E-state index contributed by atoms with van der Waals surface area (Å²) in [6.45, 7) is 1.40. The third-order valence-corrected chi connectivity index (χ3v) is 3.33. The molecule has 24 heavy (non-hydrogen) atoms. The standard InChI is InChI=1S/C17H16N2O5/c1-12(13-5-3-2-4-6-13)18-16(20)11-24-17(21)14-7-9-15(10-8-14)19(22)23/h2-10,12H,11H2,1H3,(H,18,20). The highest BCUT2D eigenvalue weighted by Gasteiger charge is 2.14. The van der Waals surface area contributed by atoms with E-state index < -0.39 is 23.4 Å². The van der Waals surface area contributed by atoms with E-state index in [1.807, 2.05) is 37.3 Å². The molecule has 0 aliphatic carbocycles. The van der Waals surface area contributed by atoms with Gasteiger partial charge in [-0.3, -0.25) is 14.9 Å². The van der Waals surface area contributed by atoms with E-state index in [1.54, 1.807) is 0 Å². The van der Waals surface area contributed by atoms with Crippen LogP contribution in [0, 0.1) is 10.1 Å². The third-order valence-electron chi connectivity index (χ3n) is 3.33. The number of esters is 1. The van der Waals surface area contributed by atoms with Gasteiger partial charge < -0.3 is 10.1 Å². The van der Waals surface area contributed by atoms with Crippen LogP contribution in [0.25, 0.3) is 0 Å². The monoisotopic (exact) mass is 328 g/mol. The second-order valence-corrected chi connectivity index (χ2v) is 5.08. The maximum atomic E-state index is 11.8. The van der Waals surface area contributed by atoms with Crippen LogP contribution >= 0.6 is 0 Å². The fraction of sp³-hybridized carbons (Fsp3) is 0.176. The smallest absolute Gasteiger partial charge is 0.338 e. The SMILES string of the molecule is CC(NC(=O)COC(=O)c1ccc([N+](=O)[O-])cc1)c1ccccc1. The molecule has 7 heteroatoms. The van der Waals surface area contributed by atoms with Crippen LogP contribution in [0.2, 0.25) is 0 Å². The Kier molecular flexibility index (Phi) is 5.62. The van der Waals surface area contributed by atoms with Crippen molar-refractivity contribution in [3.63, 3.8) is 0 Å². The van der Waals surface area contributed by atoms with Crippen molar-refractivity contribution in [1.82, 2.24) is 5.32 Å². The van der Waals surface area contributed by atoms with Gasteiger partial charge in [-0.05, 0) is 24.6 Å². The van der Waals surface area contributed by atoms with Crippen molar-refractivity contribution in [1.29, 1.82) is 0 Å². The molecule has 0 fully saturated rings. The highest BCUT2D eigenvalue weighted by molar-refractivity contribution is 5.91. The van der Waals surface area contributed by atoms with E-state index in [-0.39, 0.29) is 17.3 Å². The van der Waals surface area contributed by atoms with E-state index in [4.69, 9.17) is 4.74 Å². The number of amides is 1. The molecule has 1 atom stereocenters. The summed E-state index contributed by atoms with van der Waals surface area (Å²) >= 11 is 0. The zero-order chi connectivity index (χ0) is 17.5. The molecule has 2 rings (SSSR count). The van der Waals surface area contributed by atoms with Crippen molar-refractivity contribution >= 4 is 17.6 Å². The number of carbonyl (C=O) groups is 2. The molecule has 1 unspecified atom stereocenters. The molecule has 2 aromatic carbocycles. The number of non-ortho nitro benzene ring substituents is 1. The molecule has 0 spiro atoms. The van der Waals surface area contributed by atoms with Crippen LogP contribution in [0.5, 0.6) is 0 Å². The number of carbonyl (C=O) groups excluding carboxylic acids is 2. The molecule has 124 valence electrons. The van der Waals surface area contributed by atoms with Gasteiger partial charge in [0.1, 0.15) is 0 Å². The summed E-state index contributed by atoms with van der Waals surface area (Å²) < 4.78 is 4.91. The van der Waals surface area contributed by atoms with Gasteiger partial charge in [-0.1, -0.05) is 30.3 Å². The summed E-state index contributed by atoms with van der Waals surface area (Å²) in [6, 6.07) is 14.1.